The summed E-state index contributed by atoms with van der Waals surface area (Å²) in [4.78, 5) is 2.59. The molecule has 3 saturated carbocycles. The second kappa shape index (κ2) is 10.1. The van der Waals surface area contributed by atoms with Crippen LogP contribution in [-0.4, -0.2) is 59.7 Å². The molecule has 0 aromatic heterocycles. The number of hydrogen-bond donors (Lipinski definition) is 2. The minimum Gasteiger partial charge on any atom is -0.393 e. The molecule has 4 fully saturated rings. The first-order valence-corrected chi connectivity index (χ1v) is 13.1. The van der Waals surface area contributed by atoms with Gasteiger partial charge >= 0.3 is 0 Å². The van der Waals surface area contributed by atoms with E-state index in [4.69, 9.17) is 4.74 Å². The summed E-state index contributed by atoms with van der Waals surface area (Å²) < 4.78 is 5.71. The van der Waals surface area contributed by atoms with Crippen LogP contribution in [0.15, 0.2) is 35.5 Å². The van der Waals surface area contributed by atoms with Crippen LogP contribution in [0.3, 0.4) is 0 Å². The van der Waals surface area contributed by atoms with Gasteiger partial charge in [-0.3, -0.25) is 4.90 Å². The highest BCUT2D eigenvalue weighted by Crippen LogP contribution is 2.59. The molecule has 0 bridgehead atoms. The van der Waals surface area contributed by atoms with Crippen LogP contribution < -0.4 is 0 Å². The van der Waals surface area contributed by atoms with Crippen molar-refractivity contribution in [2.45, 2.75) is 90.4 Å². The van der Waals surface area contributed by atoms with Crippen molar-refractivity contribution in [1.82, 2.24) is 4.90 Å². The predicted molar refractivity (Wildman–Crippen MR) is 130 cm³/mol. The van der Waals surface area contributed by atoms with Crippen LogP contribution in [0, 0.1) is 23.2 Å². The van der Waals surface area contributed by atoms with E-state index in [0.29, 0.717) is 30.3 Å². The fraction of sp³-hybridized carbons (Fsp3) is 0.786. The fourth-order valence-electron chi connectivity index (χ4n) is 7.36. The lowest BCUT2D eigenvalue weighted by molar-refractivity contribution is -0.0216. The minimum absolute atomic E-state index is 0.370. The van der Waals surface area contributed by atoms with E-state index in [9.17, 15) is 10.2 Å². The molecule has 4 heteroatoms. The molecular formula is C28H45NO3. The number of morpholine rings is 1. The van der Waals surface area contributed by atoms with Gasteiger partial charge in [0.25, 0.3) is 0 Å². The predicted octanol–water partition coefficient (Wildman–Crippen LogP) is 4.87. The molecule has 32 heavy (non-hydrogen) atoms. The molecule has 0 radical (unpaired) electrons. The standard InChI is InChI=1S/C28H45NO3/c1-19(11-13-29-14-15-32-20(2)18-29)25-9-10-26-22(6-5-12-28(25,26)4)7-8-23-16-24(30)17-27(31)21(23)3/h7-8,19-20,24-27,30-31H,3,5-6,9-18H2,1-2,4H3/b22-7+,23-8+/t19-,20+,24?,25-,26+,27?,28-/m1/s1. The normalized spacial score (nSPS) is 42.4. The molecule has 2 unspecified atom stereocenters. The van der Waals surface area contributed by atoms with Gasteiger partial charge < -0.3 is 14.9 Å². The van der Waals surface area contributed by atoms with Gasteiger partial charge in [-0.15, -0.1) is 0 Å². The molecule has 2 N–H and O–H groups in total. The highest BCUT2D eigenvalue weighted by molar-refractivity contribution is 5.38. The van der Waals surface area contributed by atoms with Gasteiger partial charge in [0, 0.05) is 19.5 Å². The summed E-state index contributed by atoms with van der Waals surface area (Å²) in [6, 6.07) is 0. The van der Waals surface area contributed by atoms with Crippen LogP contribution in [0.25, 0.3) is 0 Å². The molecule has 0 amide bonds. The zero-order chi connectivity index (χ0) is 22.9. The number of aliphatic hydroxyl groups excluding tert-OH is 2. The van der Waals surface area contributed by atoms with Crippen LogP contribution >= 0.6 is 0 Å². The summed E-state index contributed by atoms with van der Waals surface area (Å²) in [5.74, 6) is 2.23. The van der Waals surface area contributed by atoms with Crippen molar-refractivity contribution < 1.29 is 14.9 Å². The molecule has 0 aromatic carbocycles. The molecule has 4 rings (SSSR count). The fourth-order valence-corrected chi connectivity index (χ4v) is 7.36. The Morgan fingerprint density at radius 2 is 2.09 bits per heavy atom. The van der Waals surface area contributed by atoms with Crippen LogP contribution in [0.4, 0.5) is 0 Å². The number of aliphatic hydroxyl groups is 2. The molecule has 0 spiro atoms. The van der Waals surface area contributed by atoms with Crippen LogP contribution in [0.2, 0.25) is 0 Å². The van der Waals surface area contributed by atoms with Gasteiger partial charge in [0.05, 0.1) is 24.9 Å². The van der Waals surface area contributed by atoms with E-state index in [1.54, 1.807) is 5.57 Å². The maximum absolute atomic E-state index is 10.2. The molecule has 3 aliphatic carbocycles. The molecule has 1 saturated heterocycles. The summed E-state index contributed by atoms with van der Waals surface area (Å²) in [5.41, 5.74) is 3.81. The van der Waals surface area contributed by atoms with Gasteiger partial charge in [-0.25, -0.2) is 0 Å². The lowest BCUT2D eigenvalue weighted by Gasteiger charge is -2.44. The first kappa shape index (κ1) is 24.2. The Kier molecular flexibility index (Phi) is 7.66. The van der Waals surface area contributed by atoms with Gasteiger partial charge in [0.15, 0.2) is 0 Å². The van der Waals surface area contributed by atoms with Crippen molar-refractivity contribution in [3.8, 4) is 0 Å². The van der Waals surface area contributed by atoms with E-state index in [2.05, 4.69) is 44.4 Å². The third-order valence-corrected chi connectivity index (χ3v) is 9.21. The van der Waals surface area contributed by atoms with Gasteiger partial charge in [-0.1, -0.05) is 38.2 Å². The Bertz CT molecular complexity index is 743. The number of rotatable bonds is 5. The average molecular weight is 444 g/mol. The van der Waals surface area contributed by atoms with Crippen molar-refractivity contribution in [1.29, 1.82) is 0 Å². The first-order valence-electron chi connectivity index (χ1n) is 13.1. The Morgan fingerprint density at radius 1 is 1.28 bits per heavy atom. The molecule has 4 nitrogen and oxygen atoms in total. The lowest BCUT2D eigenvalue weighted by atomic mass is 9.61. The summed E-state index contributed by atoms with van der Waals surface area (Å²) in [6.07, 6.45) is 12.6. The van der Waals surface area contributed by atoms with Crippen molar-refractivity contribution in [2.75, 3.05) is 26.2 Å². The van der Waals surface area contributed by atoms with E-state index < -0.39 is 12.2 Å². The van der Waals surface area contributed by atoms with Crippen LogP contribution in [0.1, 0.15) is 72.1 Å². The lowest BCUT2D eigenvalue weighted by Crippen LogP contribution is -2.42. The maximum Gasteiger partial charge on any atom is 0.0811 e. The highest BCUT2D eigenvalue weighted by Gasteiger charge is 2.50. The quantitative estimate of drug-likeness (QED) is 0.636. The number of ether oxygens (including phenoxy) is 1. The van der Waals surface area contributed by atoms with E-state index in [1.165, 1.54) is 45.1 Å². The number of hydrogen-bond acceptors (Lipinski definition) is 4. The van der Waals surface area contributed by atoms with Crippen molar-refractivity contribution in [3.05, 3.63) is 35.5 Å². The summed E-state index contributed by atoms with van der Waals surface area (Å²) >= 11 is 0. The molecule has 4 aliphatic rings. The van der Waals surface area contributed by atoms with Crippen molar-refractivity contribution in [2.24, 2.45) is 23.2 Å². The zero-order valence-electron chi connectivity index (χ0n) is 20.6. The average Bonchev–Trinajstić information content (AvgIpc) is 3.11. The van der Waals surface area contributed by atoms with Crippen molar-refractivity contribution in [3.63, 3.8) is 0 Å². The highest BCUT2D eigenvalue weighted by atomic mass is 16.5. The maximum atomic E-state index is 10.2. The van der Waals surface area contributed by atoms with Crippen LogP contribution in [-0.2, 0) is 4.74 Å². The Morgan fingerprint density at radius 3 is 2.88 bits per heavy atom. The van der Waals surface area contributed by atoms with Gasteiger partial charge in [-0.2, -0.15) is 0 Å². The largest absolute Gasteiger partial charge is 0.393 e. The van der Waals surface area contributed by atoms with Crippen LogP contribution in [0.5, 0.6) is 0 Å². The van der Waals surface area contributed by atoms with E-state index in [1.807, 2.05) is 0 Å². The molecule has 7 atom stereocenters. The second-order valence-electron chi connectivity index (χ2n) is 11.4. The summed E-state index contributed by atoms with van der Waals surface area (Å²) in [6.45, 7) is 15.6. The monoisotopic (exact) mass is 443 g/mol. The van der Waals surface area contributed by atoms with E-state index >= 15 is 0 Å². The zero-order valence-corrected chi connectivity index (χ0v) is 20.6. The molecule has 180 valence electrons. The Balaban J connectivity index is 1.41. The van der Waals surface area contributed by atoms with E-state index in [-0.39, 0.29) is 0 Å². The minimum atomic E-state index is -0.605. The molecular weight excluding hydrogens is 398 g/mol. The van der Waals surface area contributed by atoms with Gasteiger partial charge in [-0.05, 0) is 92.7 Å². The third kappa shape index (κ3) is 5.09. The Labute approximate surface area is 195 Å². The third-order valence-electron chi connectivity index (χ3n) is 9.21. The first-order chi connectivity index (χ1) is 15.3. The second-order valence-corrected chi connectivity index (χ2v) is 11.4. The number of nitrogens with zero attached hydrogens (tertiary/aromatic N) is 1. The topological polar surface area (TPSA) is 52.9 Å². The van der Waals surface area contributed by atoms with Crippen molar-refractivity contribution >= 4 is 0 Å². The molecule has 1 heterocycles. The molecule has 0 aromatic rings. The summed E-state index contributed by atoms with van der Waals surface area (Å²) in [7, 11) is 0. The van der Waals surface area contributed by atoms with Gasteiger partial charge in [0.1, 0.15) is 0 Å². The smallest absolute Gasteiger partial charge is 0.0811 e. The summed E-state index contributed by atoms with van der Waals surface area (Å²) in [5, 5.41) is 20.2. The van der Waals surface area contributed by atoms with Gasteiger partial charge in [0.2, 0.25) is 0 Å². The number of allylic oxidation sites excluding steroid dienone is 3. The van der Waals surface area contributed by atoms with E-state index in [0.717, 1.165) is 42.7 Å². The number of fused-ring (bicyclic) bond motifs is 1. The SMILES string of the molecule is C=C1/C(=C/C=C2\CCC[C@]3(C)[C@@H]([C@H](C)CCN4CCO[C@@H](C)C4)CC[C@@H]23)CC(O)CC1O. The molecule has 1 aliphatic heterocycles. The Hall–Kier alpha value is -0.940.